The number of carbonyl (C=O) groups is 1. The average molecular weight is 249 g/mol. The second-order valence-electron chi connectivity index (χ2n) is 4.51. The molecule has 0 aliphatic heterocycles. The maximum Gasteiger partial charge on any atom is 0.248 e. The molecule has 0 heterocycles. The van der Waals surface area contributed by atoms with Crippen molar-refractivity contribution in [1.29, 1.82) is 0 Å². The molecule has 0 spiro atoms. The van der Waals surface area contributed by atoms with Crippen LogP contribution in [-0.2, 0) is 11.2 Å². The van der Waals surface area contributed by atoms with Crippen LogP contribution < -0.4 is 5.32 Å². The summed E-state index contributed by atoms with van der Waals surface area (Å²) in [5, 5.41) is 12.0. The van der Waals surface area contributed by atoms with Crippen molar-refractivity contribution in [1.82, 2.24) is 5.32 Å². The summed E-state index contributed by atoms with van der Waals surface area (Å²) >= 11 is 0. The number of aliphatic hydroxyl groups is 1. The maximum atomic E-state index is 11.3. The number of unbranched alkanes of at least 4 members (excludes halogenated alkanes) is 2. The molecule has 2 N–H and O–H groups in total. The molecule has 3 nitrogen and oxygen atoms in total. The van der Waals surface area contributed by atoms with E-state index in [2.05, 4.69) is 29.6 Å². The van der Waals surface area contributed by atoms with E-state index in [1.54, 1.807) is 6.92 Å². The number of nitrogens with one attached hydrogen (secondary N) is 1. The number of hydrogen-bond acceptors (Lipinski definition) is 2. The van der Waals surface area contributed by atoms with Gasteiger partial charge in [-0.05, 0) is 31.2 Å². The Balaban J connectivity index is 2.01. The first-order valence-corrected chi connectivity index (χ1v) is 6.73. The summed E-state index contributed by atoms with van der Waals surface area (Å²) in [6.07, 6.45) is 3.91. The number of carbonyl (C=O) groups excluding carboxylic acids is 1. The average Bonchev–Trinajstić information content (AvgIpc) is 2.42. The van der Waals surface area contributed by atoms with Crippen LogP contribution in [-0.4, -0.2) is 23.7 Å². The minimum Gasteiger partial charge on any atom is -0.383 e. The van der Waals surface area contributed by atoms with Gasteiger partial charge in [0.2, 0.25) is 5.91 Å². The first-order chi connectivity index (χ1) is 8.74. The molecule has 0 bridgehead atoms. The summed E-state index contributed by atoms with van der Waals surface area (Å²) in [6.45, 7) is 2.45. The number of rotatable bonds is 8. The zero-order valence-electron chi connectivity index (χ0n) is 11.1. The predicted octanol–water partition coefficient (Wildman–Crippen LogP) is 2.29. The molecule has 0 aliphatic carbocycles. The molecule has 0 radical (unpaired) electrons. The molecule has 1 rings (SSSR count). The van der Waals surface area contributed by atoms with Gasteiger partial charge in [0.25, 0.3) is 0 Å². The zero-order valence-corrected chi connectivity index (χ0v) is 11.1. The van der Waals surface area contributed by atoms with Crippen molar-refractivity contribution >= 4 is 5.91 Å². The van der Waals surface area contributed by atoms with Crippen molar-refractivity contribution in [2.24, 2.45) is 0 Å². The lowest BCUT2D eigenvalue weighted by Crippen LogP contribution is -2.34. The van der Waals surface area contributed by atoms with E-state index >= 15 is 0 Å². The van der Waals surface area contributed by atoms with E-state index in [0.29, 0.717) is 13.0 Å². The molecule has 0 fully saturated rings. The molecule has 0 aromatic heterocycles. The molecule has 1 aromatic rings. The fourth-order valence-corrected chi connectivity index (χ4v) is 1.79. The smallest absolute Gasteiger partial charge is 0.248 e. The fourth-order valence-electron chi connectivity index (χ4n) is 1.79. The lowest BCUT2D eigenvalue weighted by molar-refractivity contribution is -0.129. The van der Waals surface area contributed by atoms with E-state index in [1.165, 1.54) is 5.56 Å². The standard InChI is InChI=1S/C15H23NO2/c1-2-14(17)15(18)16-12-8-4-7-11-13-9-5-3-6-10-13/h3,5-6,9-10,14,17H,2,4,7-8,11-12H2,1H3,(H,16,18). The Labute approximate surface area is 109 Å². The Bertz CT molecular complexity index is 338. The second kappa shape index (κ2) is 8.70. The lowest BCUT2D eigenvalue weighted by atomic mass is 10.1. The van der Waals surface area contributed by atoms with Crippen LogP contribution in [0.15, 0.2) is 30.3 Å². The quantitative estimate of drug-likeness (QED) is 0.694. The highest BCUT2D eigenvalue weighted by Crippen LogP contribution is 2.05. The molecule has 1 amide bonds. The van der Waals surface area contributed by atoms with Crippen molar-refractivity contribution in [3.8, 4) is 0 Å². The van der Waals surface area contributed by atoms with Gasteiger partial charge in [-0.1, -0.05) is 43.7 Å². The van der Waals surface area contributed by atoms with Crippen LogP contribution in [0.5, 0.6) is 0 Å². The van der Waals surface area contributed by atoms with Crippen molar-refractivity contribution < 1.29 is 9.90 Å². The monoisotopic (exact) mass is 249 g/mol. The van der Waals surface area contributed by atoms with E-state index in [9.17, 15) is 9.90 Å². The molecular formula is C15H23NO2. The molecule has 3 heteroatoms. The topological polar surface area (TPSA) is 49.3 Å². The summed E-state index contributed by atoms with van der Waals surface area (Å²) in [6, 6.07) is 10.4. The highest BCUT2D eigenvalue weighted by molar-refractivity contribution is 5.80. The number of amides is 1. The highest BCUT2D eigenvalue weighted by Gasteiger charge is 2.10. The van der Waals surface area contributed by atoms with Gasteiger partial charge < -0.3 is 10.4 Å². The van der Waals surface area contributed by atoms with Gasteiger partial charge in [-0.15, -0.1) is 0 Å². The van der Waals surface area contributed by atoms with Gasteiger partial charge in [-0.25, -0.2) is 0 Å². The SMILES string of the molecule is CCC(O)C(=O)NCCCCCc1ccccc1. The molecule has 1 unspecified atom stereocenters. The van der Waals surface area contributed by atoms with Crippen LogP contribution >= 0.6 is 0 Å². The van der Waals surface area contributed by atoms with Gasteiger partial charge in [-0.3, -0.25) is 4.79 Å². The van der Waals surface area contributed by atoms with Gasteiger partial charge in [0.1, 0.15) is 6.10 Å². The molecule has 0 saturated carbocycles. The first-order valence-electron chi connectivity index (χ1n) is 6.73. The number of hydrogen-bond donors (Lipinski definition) is 2. The van der Waals surface area contributed by atoms with Crippen LogP contribution in [0.1, 0.15) is 38.2 Å². The third-order valence-electron chi connectivity index (χ3n) is 2.97. The third-order valence-corrected chi connectivity index (χ3v) is 2.97. The van der Waals surface area contributed by atoms with E-state index in [1.807, 2.05) is 6.07 Å². The van der Waals surface area contributed by atoms with Crippen LogP contribution in [0.2, 0.25) is 0 Å². The van der Waals surface area contributed by atoms with Crippen molar-refractivity contribution in [2.75, 3.05) is 6.54 Å². The lowest BCUT2D eigenvalue weighted by Gasteiger charge is -2.08. The predicted molar refractivity (Wildman–Crippen MR) is 73.3 cm³/mol. The number of benzene rings is 1. The van der Waals surface area contributed by atoms with Crippen molar-refractivity contribution in [2.45, 2.75) is 45.1 Å². The molecule has 100 valence electrons. The van der Waals surface area contributed by atoms with E-state index in [0.717, 1.165) is 25.7 Å². The minimum absolute atomic E-state index is 0.249. The summed E-state index contributed by atoms with van der Waals surface area (Å²) in [4.78, 5) is 11.3. The largest absolute Gasteiger partial charge is 0.383 e. The van der Waals surface area contributed by atoms with Gasteiger partial charge >= 0.3 is 0 Å². The number of aliphatic hydroxyl groups excluding tert-OH is 1. The van der Waals surface area contributed by atoms with Crippen LogP contribution in [0.25, 0.3) is 0 Å². The Hall–Kier alpha value is -1.35. The summed E-state index contributed by atoms with van der Waals surface area (Å²) in [7, 11) is 0. The van der Waals surface area contributed by atoms with E-state index in [4.69, 9.17) is 0 Å². The zero-order chi connectivity index (χ0) is 13.2. The second-order valence-corrected chi connectivity index (χ2v) is 4.51. The molecule has 18 heavy (non-hydrogen) atoms. The van der Waals surface area contributed by atoms with Gasteiger partial charge in [0.15, 0.2) is 0 Å². The minimum atomic E-state index is -0.852. The summed E-state index contributed by atoms with van der Waals surface area (Å²) in [5.41, 5.74) is 1.36. The van der Waals surface area contributed by atoms with Gasteiger partial charge in [-0.2, -0.15) is 0 Å². The van der Waals surface area contributed by atoms with Crippen LogP contribution in [0.3, 0.4) is 0 Å². The summed E-state index contributed by atoms with van der Waals surface area (Å²) in [5.74, 6) is -0.249. The normalized spacial score (nSPS) is 12.1. The van der Waals surface area contributed by atoms with Crippen molar-refractivity contribution in [3.63, 3.8) is 0 Å². The molecular weight excluding hydrogens is 226 g/mol. The van der Waals surface area contributed by atoms with Crippen LogP contribution in [0, 0.1) is 0 Å². The van der Waals surface area contributed by atoms with Crippen molar-refractivity contribution in [3.05, 3.63) is 35.9 Å². The highest BCUT2D eigenvalue weighted by atomic mass is 16.3. The van der Waals surface area contributed by atoms with Gasteiger partial charge in [0, 0.05) is 6.54 Å². The molecule has 0 aliphatic rings. The molecule has 0 saturated heterocycles. The maximum absolute atomic E-state index is 11.3. The number of aryl methyl sites for hydroxylation is 1. The Morgan fingerprint density at radius 3 is 2.61 bits per heavy atom. The molecule has 1 aromatic carbocycles. The summed E-state index contributed by atoms with van der Waals surface area (Å²) < 4.78 is 0. The third kappa shape index (κ3) is 5.82. The Morgan fingerprint density at radius 1 is 1.22 bits per heavy atom. The van der Waals surface area contributed by atoms with Gasteiger partial charge in [0.05, 0.1) is 0 Å². The fraction of sp³-hybridized carbons (Fsp3) is 0.533. The first kappa shape index (κ1) is 14.7. The van der Waals surface area contributed by atoms with Crippen LogP contribution in [0.4, 0.5) is 0 Å². The van der Waals surface area contributed by atoms with E-state index < -0.39 is 6.10 Å². The van der Waals surface area contributed by atoms with E-state index in [-0.39, 0.29) is 5.91 Å². The Morgan fingerprint density at radius 2 is 1.94 bits per heavy atom. The molecule has 1 atom stereocenters. The Kier molecular flexibility index (Phi) is 7.11.